The maximum Gasteiger partial charge on any atom is 0.216 e. The van der Waals surface area contributed by atoms with Gasteiger partial charge in [-0.05, 0) is 24.6 Å². The van der Waals surface area contributed by atoms with Crippen LogP contribution in [0.25, 0.3) is 0 Å². The van der Waals surface area contributed by atoms with Crippen LogP contribution >= 0.6 is 0 Å². The minimum absolute atomic E-state index is 0.0386. The molecule has 0 aliphatic carbocycles. The second kappa shape index (κ2) is 7.41. The molecule has 4 nitrogen and oxygen atoms in total. The highest BCUT2D eigenvalue weighted by Crippen LogP contribution is 2.10. The van der Waals surface area contributed by atoms with Gasteiger partial charge in [0, 0.05) is 46.2 Å². The van der Waals surface area contributed by atoms with E-state index in [1.165, 1.54) is 11.1 Å². The molecule has 1 N–H and O–H groups in total. The Hall–Kier alpha value is -1.39. The molecular weight excluding hydrogens is 250 g/mol. The number of carbonyl (C=O) groups is 1. The molecule has 4 heteroatoms. The highest BCUT2D eigenvalue weighted by Gasteiger charge is 2.13. The lowest BCUT2D eigenvalue weighted by molar-refractivity contribution is -0.118. The third-order valence-corrected chi connectivity index (χ3v) is 3.81. The topological polar surface area (TPSA) is 35.6 Å². The smallest absolute Gasteiger partial charge is 0.216 e. The predicted molar refractivity (Wildman–Crippen MR) is 81.6 cm³/mol. The summed E-state index contributed by atoms with van der Waals surface area (Å²) in [6, 6.07) is 8.77. The molecule has 0 unspecified atom stereocenters. The summed E-state index contributed by atoms with van der Waals surface area (Å²) in [5.41, 5.74) is 2.65. The van der Waals surface area contributed by atoms with Gasteiger partial charge in [0.05, 0.1) is 0 Å². The Morgan fingerprint density at radius 3 is 2.30 bits per heavy atom. The van der Waals surface area contributed by atoms with Crippen molar-refractivity contribution in [1.82, 2.24) is 15.1 Å². The lowest BCUT2D eigenvalue weighted by Gasteiger charge is -2.32. The largest absolute Gasteiger partial charge is 0.356 e. The Kier molecular flexibility index (Phi) is 5.56. The van der Waals surface area contributed by atoms with Gasteiger partial charge in [0.25, 0.3) is 0 Å². The van der Waals surface area contributed by atoms with Crippen LogP contribution in [-0.4, -0.2) is 55.5 Å². The molecule has 2 rings (SSSR count). The molecule has 1 aliphatic heterocycles. The number of carbonyl (C=O) groups excluding carboxylic acids is 1. The van der Waals surface area contributed by atoms with Gasteiger partial charge in [-0.1, -0.05) is 24.3 Å². The van der Waals surface area contributed by atoms with Crippen molar-refractivity contribution in [2.75, 3.05) is 39.8 Å². The molecule has 0 saturated carbocycles. The van der Waals surface area contributed by atoms with Crippen molar-refractivity contribution < 1.29 is 4.79 Å². The molecule has 1 aromatic carbocycles. The normalized spacial score (nSPS) is 17.1. The molecule has 1 aromatic rings. The Morgan fingerprint density at radius 2 is 1.70 bits per heavy atom. The molecule has 1 fully saturated rings. The van der Waals surface area contributed by atoms with E-state index in [1.54, 1.807) is 6.92 Å². The molecule has 0 spiro atoms. The SMILES string of the molecule is CC(=O)NCCc1ccc(CN2CCN(C)CC2)cc1. The Morgan fingerprint density at radius 1 is 1.10 bits per heavy atom. The Labute approximate surface area is 121 Å². The van der Waals surface area contributed by atoms with Crippen molar-refractivity contribution in [3.63, 3.8) is 0 Å². The summed E-state index contributed by atoms with van der Waals surface area (Å²) in [6.07, 6.45) is 0.897. The number of amides is 1. The first kappa shape index (κ1) is 15.0. The maximum absolute atomic E-state index is 10.8. The van der Waals surface area contributed by atoms with Gasteiger partial charge in [0.2, 0.25) is 5.91 Å². The van der Waals surface area contributed by atoms with E-state index in [1.807, 2.05) is 0 Å². The van der Waals surface area contributed by atoms with Crippen LogP contribution < -0.4 is 5.32 Å². The first-order chi connectivity index (χ1) is 9.63. The molecule has 1 heterocycles. The average Bonchev–Trinajstić information content (AvgIpc) is 2.43. The summed E-state index contributed by atoms with van der Waals surface area (Å²) in [6.45, 7) is 7.94. The highest BCUT2D eigenvalue weighted by molar-refractivity contribution is 5.72. The maximum atomic E-state index is 10.8. The van der Waals surface area contributed by atoms with Crippen LogP contribution in [0.15, 0.2) is 24.3 Å². The predicted octanol–water partition coefficient (Wildman–Crippen LogP) is 1.11. The highest BCUT2D eigenvalue weighted by atomic mass is 16.1. The zero-order chi connectivity index (χ0) is 14.4. The third-order valence-electron chi connectivity index (χ3n) is 3.81. The standard InChI is InChI=1S/C16H25N3O/c1-14(20)17-8-7-15-3-5-16(6-4-15)13-19-11-9-18(2)10-12-19/h3-6H,7-13H2,1-2H3,(H,17,20). The van der Waals surface area contributed by atoms with E-state index >= 15 is 0 Å². The van der Waals surface area contributed by atoms with Crippen LogP contribution in [0, 0.1) is 0 Å². The Balaban J connectivity index is 1.77. The van der Waals surface area contributed by atoms with Gasteiger partial charge in [-0.25, -0.2) is 0 Å². The van der Waals surface area contributed by atoms with Gasteiger partial charge in [0.15, 0.2) is 0 Å². The van der Waals surface area contributed by atoms with E-state index in [9.17, 15) is 4.79 Å². The summed E-state index contributed by atoms with van der Waals surface area (Å²) >= 11 is 0. The van der Waals surface area contributed by atoms with Gasteiger partial charge in [-0.3, -0.25) is 9.69 Å². The van der Waals surface area contributed by atoms with Crippen LogP contribution in [-0.2, 0) is 17.8 Å². The fourth-order valence-corrected chi connectivity index (χ4v) is 2.46. The molecular formula is C16H25N3O. The fraction of sp³-hybridized carbons (Fsp3) is 0.562. The number of hydrogen-bond donors (Lipinski definition) is 1. The van der Waals surface area contributed by atoms with Crippen LogP contribution in [0.4, 0.5) is 0 Å². The van der Waals surface area contributed by atoms with Gasteiger partial charge in [-0.15, -0.1) is 0 Å². The van der Waals surface area contributed by atoms with Crippen molar-refractivity contribution in [2.45, 2.75) is 19.9 Å². The lowest BCUT2D eigenvalue weighted by atomic mass is 10.1. The van der Waals surface area contributed by atoms with E-state index in [0.717, 1.165) is 39.1 Å². The van der Waals surface area contributed by atoms with Crippen molar-refractivity contribution in [2.24, 2.45) is 0 Å². The van der Waals surface area contributed by atoms with Gasteiger partial charge in [0.1, 0.15) is 0 Å². The summed E-state index contributed by atoms with van der Waals surface area (Å²) < 4.78 is 0. The Bertz CT molecular complexity index is 422. The monoisotopic (exact) mass is 275 g/mol. The second-order valence-corrected chi connectivity index (χ2v) is 5.63. The molecule has 0 aromatic heterocycles. The molecule has 110 valence electrons. The zero-order valence-electron chi connectivity index (χ0n) is 12.6. The summed E-state index contributed by atoms with van der Waals surface area (Å²) in [5.74, 6) is 0.0386. The number of piperazine rings is 1. The number of nitrogens with zero attached hydrogens (tertiary/aromatic N) is 2. The number of likely N-dealkylation sites (N-methyl/N-ethyl adjacent to an activating group) is 1. The van der Waals surface area contributed by atoms with Crippen molar-refractivity contribution in [1.29, 1.82) is 0 Å². The fourth-order valence-electron chi connectivity index (χ4n) is 2.46. The van der Waals surface area contributed by atoms with Crippen molar-refractivity contribution >= 4 is 5.91 Å². The summed E-state index contributed by atoms with van der Waals surface area (Å²) in [5, 5.41) is 2.83. The minimum atomic E-state index is 0.0386. The van der Waals surface area contributed by atoms with Gasteiger partial charge >= 0.3 is 0 Å². The number of rotatable bonds is 5. The van der Waals surface area contributed by atoms with E-state index < -0.39 is 0 Å². The van der Waals surface area contributed by atoms with Crippen LogP contribution in [0.5, 0.6) is 0 Å². The van der Waals surface area contributed by atoms with Crippen molar-refractivity contribution in [3.05, 3.63) is 35.4 Å². The molecule has 0 radical (unpaired) electrons. The van der Waals surface area contributed by atoms with E-state index in [4.69, 9.17) is 0 Å². The average molecular weight is 275 g/mol. The van der Waals surface area contributed by atoms with Gasteiger partial charge in [-0.2, -0.15) is 0 Å². The number of nitrogens with one attached hydrogen (secondary N) is 1. The van der Waals surface area contributed by atoms with E-state index in [2.05, 4.69) is 46.4 Å². The number of benzene rings is 1. The second-order valence-electron chi connectivity index (χ2n) is 5.63. The summed E-state index contributed by atoms with van der Waals surface area (Å²) in [4.78, 5) is 15.7. The molecule has 0 atom stereocenters. The summed E-state index contributed by atoms with van der Waals surface area (Å²) in [7, 11) is 2.18. The van der Waals surface area contributed by atoms with E-state index in [-0.39, 0.29) is 5.91 Å². The first-order valence-electron chi connectivity index (χ1n) is 7.36. The zero-order valence-corrected chi connectivity index (χ0v) is 12.6. The molecule has 1 aliphatic rings. The first-order valence-corrected chi connectivity index (χ1v) is 7.36. The third kappa shape index (κ3) is 4.94. The molecule has 1 amide bonds. The molecule has 20 heavy (non-hydrogen) atoms. The number of hydrogen-bond acceptors (Lipinski definition) is 3. The molecule has 0 bridgehead atoms. The van der Waals surface area contributed by atoms with Crippen LogP contribution in [0.3, 0.4) is 0 Å². The minimum Gasteiger partial charge on any atom is -0.356 e. The quantitative estimate of drug-likeness (QED) is 0.874. The van der Waals surface area contributed by atoms with Gasteiger partial charge < -0.3 is 10.2 Å². The van der Waals surface area contributed by atoms with Crippen LogP contribution in [0.2, 0.25) is 0 Å². The van der Waals surface area contributed by atoms with Crippen LogP contribution in [0.1, 0.15) is 18.1 Å². The van der Waals surface area contributed by atoms with E-state index in [0.29, 0.717) is 6.54 Å². The molecule has 1 saturated heterocycles. The lowest BCUT2D eigenvalue weighted by Crippen LogP contribution is -2.43. The van der Waals surface area contributed by atoms with Crippen molar-refractivity contribution in [3.8, 4) is 0 Å².